The van der Waals surface area contributed by atoms with E-state index in [0.29, 0.717) is 0 Å². The Hall–Kier alpha value is -1.57. The molecule has 22 heavy (non-hydrogen) atoms. The maximum atomic E-state index is 2.28. The molecule has 0 saturated heterocycles. The predicted octanol–water partition coefficient (Wildman–Crippen LogP) is 4.84. The number of hydrogen-bond donors (Lipinski definition) is 0. The van der Waals surface area contributed by atoms with E-state index >= 15 is 0 Å². The summed E-state index contributed by atoms with van der Waals surface area (Å²) in [6.45, 7) is 3.31. The Morgan fingerprint density at radius 1 is 0.909 bits per heavy atom. The predicted molar refractivity (Wildman–Crippen MR) is 98.6 cm³/mol. The summed E-state index contributed by atoms with van der Waals surface area (Å²) in [5.41, 5.74) is 8.79. The number of benzene rings is 2. The Morgan fingerprint density at radius 3 is 2.23 bits per heavy atom. The van der Waals surface area contributed by atoms with Crippen LogP contribution in [0.1, 0.15) is 28.7 Å². The molecule has 0 spiro atoms. The fourth-order valence-electron chi connectivity index (χ4n) is 3.22. The molecule has 1 aliphatic carbocycles. The summed E-state index contributed by atoms with van der Waals surface area (Å²) in [7, 11) is 4.30. The van der Waals surface area contributed by atoms with Crippen LogP contribution in [0.5, 0.6) is 0 Å². The van der Waals surface area contributed by atoms with Crippen molar-refractivity contribution in [3.05, 3.63) is 70.8 Å². The third-order valence-electron chi connectivity index (χ3n) is 4.35. The van der Waals surface area contributed by atoms with Crippen molar-refractivity contribution in [1.29, 1.82) is 0 Å². The van der Waals surface area contributed by atoms with Crippen molar-refractivity contribution in [2.75, 3.05) is 20.6 Å². The van der Waals surface area contributed by atoms with E-state index in [0.717, 1.165) is 19.4 Å². The summed E-state index contributed by atoms with van der Waals surface area (Å²) >= 11 is 0. The highest BCUT2D eigenvalue weighted by Crippen LogP contribution is 2.40. The van der Waals surface area contributed by atoms with E-state index in [4.69, 9.17) is 0 Å². The zero-order valence-electron chi connectivity index (χ0n) is 13.6. The van der Waals surface area contributed by atoms with Gasteiger partial charge in [0.25, 0.3) is 0 Å². The molecular weight excluding hydrogens is 290 g/mol. The van der Waals surface area contributed by atoms with Crippen LogP contribution in [0.3, 0.4) is 0 Å². The number of halogens is 1. The van der Waals surface area contributed by atoms with Gasteiger partial charge in [-0.2, -0.15) is 0 Å². The molecule has 0 N–H and O–H groups in total. The first kappa shape index (κ1) is 16.8. The van der Waals surface area contributed by atoms with E-state index in [1.54, 1.807) is 0 Å². The molecule has 0 aromatic heterocycles. The largest absolute Gasteiger partial charge is 0.309 e. The van der Waals surface area contributed by atoms with Crippen LogP contribution in [-0.4, -0.2) is 25.5 Å². The molecule has 0 amide bonds. The molecule has 0 bridgehead atoms. The van der Waals surface area contributed by atoms with Gasteiger partial charge in [0.2, 0.25) is 0 Å². The van der Waals surface area contributed by atoms with Gasteiger partial charge in [-0.15, -0.1) is 12.4 Å². The zero-order chi connectivity index (χ0) is 14.8. The van der Waals surface area contributed by atoms with E-state index in [2.05, 4.69) is 74.4 Å². The average Bonchev–Trinajstić information content (AvgIpc) is 2.84. The third kappa shape index (κ3) is 3.26. The summed E-state index contributed by atoms with van der Waals surface area (Å²) < 4.78 is 0. The summed E-state index contributed by atoms with van der Waals surface area (Å²) in [5, 5.41) is 0. The van der Waals surface area contributed by atoms with E-state index < -0.39 is 0 Å². The van der Waals surface area contributed by atoms with Crippen molar-refractivity contribution in [3.8, 4) is 0 Å². The van der Waals surface area contributed by atoms with Crippen molar-refractivity contribution >= 4 is 23.6 Å². The second-order valence-electron chi connectivity index (χ2n) is 6.16. The normalized spacial score (nSPS) is 13.3. The minimum atomic E-state index is 0. The number of fused-ring (bicyclic) bond motifs is 1. The van der Waals surface area contributed by atoms with Crippen LogP contribution < -0.4 is 0 Å². The maximum absolute atomic E-state index is 2.28. The molecule has 0 aliphatic heterocycles. The first-order chi connectivity index (χ1) is 10.2. The molecule has 0 unspecified atom stereocenters. The number of hydrogen-bond acceptors (Lipinski definition) is 1. The van der Waals surface area contributed by atoms with Crippen LogP contribution in [0, 0.1) is 6.92 Å². The molecule has 2 aromatic carbocycles. The molecule has 1 nitrogen and oxygen atoms in total. The van der Waals surface area contributed by atoms with Gasteiger partial charge < -0.3 is 4.90 Å². The van der Waals surface area contributed by atoms with Gasteiger partial charge in [0, 0.05) is 6.54 Å². The Balaban J connectivity index is 0.00000176. The number of allylic oxidation sites excluding steroid dienone is 1. The fourth-order valence-corrected chi connectivity index (χ4v) is 3.22. The van der Waals surface area contributed by atoms with Crippen LogP contribution in [-0.2, 0) is 6.42 Å². The molecule has 2 aromatic rings. The van der Waals surface area contributed by atoms with Gasteiger partial charge in [0.05, 0.1) is 0 Å². The summed E-state index contributed by atoms with van der Waals surface area (Å²) in [4.78, 5) is 2.27. The highest BCUT2D eigenvalue weighted by atomic mass is 35.5. The lowest BCUT2D eigenvalue weighted by Crippen LogP contribution is -2.13. The van der Waals surface area contributed by atoms with Crippen molar-refractivity contribution in [3.63, 3.8) is 0 Å². The Labute approximate surface area is 140 Å². The van der Waals surface area contributed by atoms with Crippen molar-refractivity contribution < 1.29 is 0 Å². The van der Waals surface area contributed by atoms with Crippen molar-refractivity contribution in [2.45, 2.75) is 19.8 Å². The molecule has 116 valence electrons. The molecule has 2 heteroatoms. The molecule has 1 aliphatic rings. The highest BCUT2D eigenvalue weighted by Gasteiger charge is 2.22. The van der Waals surface area contributed by atoms with Gasteiger partial charge in [-0.25, -0.2) is 0 Å². The van der Waals surface area contributed by atoms with Gasteiger partial charge in [0.15, 0.2) is 0 Å². The van der Waals surface area contributed by atoms with E-state index in [1.165, 1.54) is 33.4 Å². The Morgan fingerprint density at radius 2 is 1.55 bits per heavy atom. The first-order valence-electron chi connectivity index (χ1n) is 7.68. The summed E-state index contributed by atoms with van der Waals surface area (Å²) in [6.07, 6.45) is 2.19. The van der Waals surface area contributed by atoms with E-state index in [9.17, 15) is 0 Å². The van der Waals surface area contributed by atoms with E-state index in [-0.39, 0.29) is 12.4 Å². The van der Waals surface area contributed by atoms with Crippen LogP contribution in [0.25, 0.3) is 11.1 Å². The lowest BCUT2D eigenvalue weighted by Gasteiger charge is -2.14. The minimum absolute atomic E-state index is 0. The fraction of sp³-hybridized carbons (Fsp3) is 0.300. The van der Waals surface area contributed by atoms with Gasteiger partial charge in [0.1, 0.15) is 0 Å². The smallest absolute Gasteiger partial charge is 0.00160 e. The Bertz CT molecular complexity index is 686. The van der Waals surface area contributed by atoms with Crippen LogP contribution >= 0.6 is 12.4 Å². The third-order valence-corrected chi connectivity index (χ3v) is 4.35. The maximum Gasteiger partial charge on any atom is 0.00160 e. The Kier molecular flexibility index (Phi) is 5.44. The SMILES string of the molecule is Cc1ccccc1C1=C(CCN(C)C)c2ccccc2C1.Cl. The monoisotopic (exact) mass is 313 g/mol. The average molecular weight is 314 g/mol. The molecule has 0 radical (unpaired) electrons. The molecule has 0 fully saturated rings. The molecule has 0 atom stereocenters. The summed E-state index contributed by atoms with van der Waals surface area (Å²) in [6, 6.07) is 17.6. The number of rotatable bonds is 4. The topological polar surface area (TPSA) is 3.24 Å². The molecule has 3 rings (SSSR count). The quantitative estimate of drug-likeness (QED) is 0.781. The first-order valence-corrected chi connectivity index (χ1v) is 7.68. The van der Waals surface area contributed by atoms with Gasteiger partial charge in [-0.05, 0) is 67.3 Å². The van der Waals surface area contributed by atoms with Crippen molar-refractivity contribution in [1.82, 2.24) is 4.90 Å². The van der Waals surface area contributed by atoms with E-state index in [1.807, 2.05) is 0 Å². The zero-order valence-corrected chi connectivity index (χ0v) is 14.4. The second-order valence-corrected chi connectivity index (χ2v) is 6.16. The molecule has 0 saturated carbocycles. The van der Waals surface area contributed by atoms with Crippen LogP contribution in [0.2, 0.25) is 0 Å². The van der Waals surface area contributed by atoms with Crippen molar-refractivity contribution in [2.24, 2.45) is 0 Å². The summed E-state index contributed by atoms with van der Waals surface area (Å²) in [5.74, 6) is 0. The van der Waals surface area contributed by atoms with Crippen LogP contribution in [0.4, 0.5) is 0 Å². The number of nitrogens with zero attached hydrogens (tertiary/aromatic N) is 1. The molecular formula is C20H24ClN. The minimum Gasteiger partial charge on any atom is -0.309 e. The number of aryl methyl sites for hydroxylation is 1. The molecule has 0 heterocycles. The lowest BCUT2D eigenvalue weighted by molar-refractivity contribution is 0.420. The van der Waals surface area contributed by atoms with Gasteiger partial charge in [-0.3, -0.25) is 0 Å². The van der Waals surface area contributed by atoms with Crippen LogP contribution in [0.15, 0.2) is 48.5 Å². The second kappa shape index (κ2) is 7.13. The van der Waals surface area contributed by atoms with Gasteiger partial charge >= 0.3 is 0 Å². The standard InChI is InChI=1S/C20H23N.ClH/c1-15-8-4-6-10-17(15)20-14-16-9-5-7-11-18(16)19(20)12-13-21(2)3;/h4-11H,12-14H2,1-3H3;1H. The highest BCUT2D eigenvalue weighted by molar-refractivity contribution is 5.97. The lowest BCUT2D eigenvalue weighted by atomic mass is 9.95. The van der Waals surface area contributed by atoms with Gasteiger partial charge in [-0.1, -0.05) is 48.5 Å².